The second-order valence-corrected chi connectivity index (χ2v) is 5.28. The number of hydrogen-bond donors (Lipinski definition) is 3. The zero-order chi connectivity index (χ0) is 17.5. The van der Waals surface area contributed by atoms with Gasteiger partial charge in [0, 0.05) is 0 Å². The van der Waals surface area contributed by atoms with E-state index < -0.39 is 12.1 Å². The average Bonchev–Trinajstić information content (AvgIpc) is 3.17. The first-order valence-corrected chi connectivity index (χ1v) is 7.80. The molecule has 1 heterocycles. The van der Waals surface area contributed by atoms with Gasteiger partial charge in [0.05, 0.1) is 18.5 Å². The summed E-state index contributed by atoms with van der Waals surface area (Å²) in [5.41, 5.74) is 0.524. The van der Waals surface area contributed by atoms with Gasteiger partial charge in [-0.1, -0.05) is 30.3 Å². The number of furan rings is 1. The van der Waals surface area contributed by atoms with Crippen LogP contribution in [0.2, 0.25) is 0 Å². The largest absolute Gasteiger partial charge is 0.467 e. The molecule has 0 bridgehead atoms. The van der Waals surface area contributed by atoms with E-state index in [2.05, 4.69) is 10.6 Å². The van der Waals surface area contributed by atoms with Crippen molar-refractivity contribution in [1.29, 1.82) is 0 Å². The van der Waals surface area contributed by atoms with Crippen LogP contribution in [0.15, 0.2) is 77.4 Å². The van der Waals surface area contributed by atoms with E-state index in [0.29, 0.717) is 22.9 Å². The van der Waals surface area contributed by atoms with Crippen molar-refractivity contribution in [1.82, 2.24) is 5.32 Å². The lowest BCUT2D eigenvalue weighted by Gasteiger charge is -2.14. The van der Waals surface area contributed by atoms with Crippen LogP contribution in [0.3, 0.4) is 0 Å². The number of benzene rings is 2. The van der Waals surface area contributed by atoms with Crippen molar-refractivity contribution < 1.29 is 19.1 Å². The number of amides is 2. The Hall–Kier alpha value is -3.25. The quantitative estimate of drug-likeness (QED) is 0.636. The molecule has 1 aromatic heterocycles. The molecule has 3 rings (SSSR count). The number of carbonyl (C=O) groups excluding carboxylic acids is 1. The van der Waals surface area contributed by atoms with Gasteiger partial charge in [-0.05, 0) is 36.4 Å². The molecule has 0 saturated heterocycles. The first-order chi connectivity index (χ1) is 12.2. The fourth-order valence-corrected chi connectivity index (χ4v) is 2.21. The topological polar surface area (TPSA) is 83.7 Å². The van der Waals surface area contributed by atoms with Gasteiger partial charge < -0.3 is 24.9 Å². The number of para-hydroxylation sites is 3. The Morgan fingerprint density at radius 2 is 1.80 bits per heavy atom. The van der Waals surface area contributed by atoms with E-state index in [-0.39, 0.29) is 6.54 Å². The summed E-state index contributed by atoms with van der Waals surface area (Å²) < 4.78 is 10.9. The Balaban J connectivity index is 1.59. The summed E-state index contributed by atoms with van der Waals surface area (Å²) in [5, 5.41) is 15.2. The predicted molar refractivity (Wildman–Crippen MR) is 93.6 cm³/mol. The van der Waals surface area contributed by atoms with Crippen LogP contribution in [0.1, 0.15) is 11.9 Å². The molecule has 6 nitrogen and oxygen atoms in total. The zero-order valence-electron chi connectivity index (χ0n) is 13.4. The fourth-order valence-electron chi connectivity index (χ4n) is 2.21. The maximum atomic E-state index is 12.1. The number of anilines is 1. The molecule has 0 spiro atoms. The molecule has 2 amide bonds. The van der Waals surface area contributed by atoms with Crippen LogP contribution in [-0.2, 0) is 0 Å². The highest BCUT2D eigenvalue weighted by Gasteiger charge is 2.13. The molecule has 0 aliphatic carbocycles. The van der Waals surface area contributed by atoms with Crippen molar-refractivity contribution >= 4 is 11.7 Å². The molecule has 2 aromatic carbocycles. The summed E-state index contributed by atoms with van der Waals surface area (Å²) in [4.78, 5) is 12.1. The molecule has 3 aromatic rings. The van der Waals surface area contributed by atoms with E-state index >= 15 is 0 Å². The number of aliphatic hydroxyl groups excluding tert-OH is 1. The lowest BCUT2D eigenvalue weighted by Crippen LogP contribution is -2.32. The van der Waals surface area contributed by atoms with E-state index in [1.54, 1.807) is 30.3 Å². The van der Waals surface area contributed by atoms with Gasteiger partial charge in [0.1, 0.15) is 17.6 Å². The number of hydrogen-bond acceptors (Lipinski definition) is 4. The normalized spacial score (nSPS) is 11.6. The standard InChI is InChI=1S/C19H18N2O4/c22-16(18-11-6-12-24-18)13-20-19(23)21-15-9-4-5-10-17(15)25-14-7-2-1-3-8-14/h1-12,16,22H,13H2,(H2,20,21,23). The minimum atomic E-state index is -0.906. The van der Waals surface area contributed by atoms with Crippen LogP contribution in [0.5, 0.6) is 11.5 Å². The highest BCUT2D eigenvalue weighted by molar-refractivity contribution is 5.91. The maximum Gasteiger partial charge on any atom is 0.319 e. The molecule has 3 N–H and O–H groups in total. The smallest absolute Gasteiger partial charge is 0.319 e. The summed E-state index contributed by atoms with van der Waals surface area (Å²) >= 11 is 0. The summed E-state index contributed by atoms with van der Waals surface area (Å²) in [6.45, 7) is 0.0288. The van der Waals surface area contributed by atoms with Crippen molar-refractivity contribution in [2.75, 3.05) is 11.9 Å². The second kappa shape index (κ2) is 8.03. The van der Waals surface area contributed by atoms with Gasteiger partial charge in [-0.2, -0.15) is 0 Å². The van der Waals surface area contributed by atoms with Crippen LogP contribution in [0.4, 0.5) is 10.5 Å². The molecule has 6 heteroatoms. The van der Waals surface area contributed by atoms with Gasteiger partial charge in [0.25, 0.3) is 0 Å². The molecule has 128 valence electrons. The summed E-state index contributed by atoms with van der Waals surface area (Å²) in [5.74, 6) is 1.59. The van der Waals surface area contributed by atoms with Gasteiger partial charge >= 0.3 is 6.03 Å². The molecule has 25 heavy (non-hydrogen) atoms. The van der Waals surface area contributed by atoms with Crippen LogP contribution >= 0.6 is 0 Å². The van der Waals surface area contributed by atoms with E-state index in [4.69, 9.17) is 9.15 Å². The molecule has 1 atom stereocenters. The van der Waals surface area contributed by atoms with E-state index in [9.17, 15) is 9.90 Å². The number of ether oxygens (including phenoxy) is 1. The molecule has 1 unspecified atom stereocenters. The van der Waals surface area contributed by atoms with E-state index in [0.717, 1.165) is 0 Å². The number of rotatable bonds is 6. The monoisotopic (exact) mass is 338 g/mol. The van der Waals surface area contributed by atoms with Gasteiger partial charge in [-0.3, -0.25) is 0 Å². The minimum absolute atomic E-state index is 0.0288. The average molecular weight is 338 g/mol. The third-order valence-corrected chi connectivity index (χ3v) is 3.43. The predicted octanol–water partition coefficient (Wildman–Crippen LogP) is 3.93. The molecule has 0 fully saturated rings. The van der Waals surface area contributed by atoms with Gasteiger partial charge in [-0.25, -0.2) is 4.79 Å². The van der Waals surface area contributed by atoms with Gasteiger partial charge in [-0.15, -0.1) is 0 Å². The highest BCUT2D eigenvalue weighted by atomic mass is 16.5. The van der Waals surface area contributed by atoms with E-state index in [1.807, 2.05) is 36.4 Å². The lowest BCUT2D eigenvalue weighted by atomic mass is 10.2. The molecule has 0 aliphatic heterocycles. The lowest BCUT2D eigenvalue weighted by molar-refractivity contribution is 0.149. The third-order valence-electron chi connectivity index (χ3n) is 3.43. The number of nitrogens with one attached hydrogen (secondary N) is 2. The van der Waals surface area contributed by atoms with Gasteiger partial charge in [0.2, 0.25) is 0 Å². The van der Waals surface area contributed by atoms with Crippen molar-refractivity contribution in [3.05, 3.63) is 78.8 Å². The summed E-state index contributed by atoms with van der Waals surface area (Å²) in [7, 11) is 0. The Kier molecular flexibility index (Phi) is 5.33. The van der Waals surface area contributed by atoms with Gasteiger partial charge in [0.15, 0.2) is 5.75 Å². The summed E-state index contributed by atoms with van der Waals surface area (Å²) in [6.07, 6.45) is 0.562. The van der Waals surface area contributed by atoms with Crippen molar-refractivity contribution in [3.63, 3.8) is 0 Å². The third kappa shape index (κ3) is 4.62. The second-order valence-electron chi connectivity index (χ2n) is 5.28. The first kappa shape index (κ1) is 16.6. The Bertz CT molecular complexity index is 803. The minimum Gasteiger partial charge on any atom is -0.467 e. The Morgan fingerprint density at radius 3 is 2.56 bits per heavy atom. The molecular formula is C19H18N2O4. The number of urea groups is 1. The molecule has 0 radical (unpaired) electrons. The Morgan fingerprint density at radius 1 is 1.04 bits per heavy atom. The van der Waals surface area contributed by atoms with Crippen molar-refractivity contribution in [2.24, 2.45) is 0 Å². The van der Waals surface area contributed by atoms with E-state index in [1.165, 1.54) is 6.26 Å². The number of aliphatic hydroxyl groups is 1. The highest BCUT2D eigenvalue weighted by Crippen LogP contribution is 2.28. The number of carbonyl (C=O) groups is 1. The molecule has 0 saturated carbocycles. The van der Waals surface area contributed by atoms with Crippen LogP contribution < -0.4 is 15.4 Å². The zero-order valence-corrected chi connectivity index (χ0v) is 13.4. The van der Waals surface area contributed by atoms with Crippen molar-refractivity contribution in [3.8, 4) is 11.5 Å². The maximum absolute atomic E-state index is 12.1. The van der Waals surface area contributed by atoms with Crippen molar-refractivity contribution in [2.45, 2.75) is 6.10 Å². The SMILES string of the molecule is O=C(NCC(O)c1ccco1)Nc1ccccc1Oc1ccccc1. The van der Waals surface area contributed by atoms with Crippen LogP contribution in [0, 0.1) is 0 Å². The van der Waals surface area contributed by atoms with Crippen LogP contribution in [-0.4, -0.2) is 17.7 Å². The van der Waals surface area contributed by atoms with Crippen LogP contribution in [0.25, 0.3) is 0 Å². The fraction of sp³-hybridized carbons (Fsp3) is 0.105. The first-order valence-electron chi connectivity index (χ1n) is 7.80. The molecular weight excluding hydrogens is 320 g/mol. The summed E-state index contributed by atoms with van der Waals surface area (Å²) in [6, 6.07) is 19.3. The molecule has 0 aliphatic rings. The Labute approximate surface area is 145 Å².